The molecule has 0 saturated carbocycles. The van der Waals surface area contributed by atoms with Crippen molar-refractivity contribution in [2.24, 2.45) is 11.8 Å². The number of nitrogens with one attached hydrogen (secondary N) is 1. The molecule has 10 heteroatoms. The van der Waals surface area contributed by atoms with Crippen LogP contribution in [-0.4, -0.2) is 53.2 Å². The molecule has 1 amide bonds. The summed E-state index contributed by atoms with van der Waals surface area (Å²) in [5.74, 6) is -0.746. The van der Waals surface area contributed by atoms with Gasteiger partial charge in [-0.1, -0.05) is 50.2 Å². The number of nitriles is 1. The number of ether oxygens (including phenoxy) is 1. The van der Waals surface area contributed by atoms with Crippen LogP contribution in [0, 0.1) is 29.0 Å². The van der Waals surface area contributed by atoms with Gasteiger partial charge in [0.15, 0.2) is 0 Å². The molecule has 0 radical (unpaired) electrons. The molecule has 41 heavy (non-hydrogen) atoms. The average Bonchev–Trinajstić information content (AvgIpc) is 3.18. The Hall–Kier alpha value is -3.88. The van der Waals surface area contributed by atoms with Gasteiger partial charge in [-0.05, 0) is 59.6 Å². The summed E-state index contributed by atoms with van der Waals surface area (Å²) in [7, 11) is 0. The van der Waals surface area contributed by atoms with Crippen LogP contribution >= 0.6 is 0 Å². The SMILES string of the molecule is CC(Cc1ccc(-c2cccnc2)cc1)C(O)CN(Cc1ccc(C#N)cc1F)NC(=O)OC1COOCCC1C. The number of nitrogens with zero attached hydrogens (tertiary/aromatic N) is 3. The quantitative estimate of drug-likeness (QED) is 0.267. The third-order valence-electron chi connectivity index (χ3n) is 7.23. The molecule has 0 bridgehead atoms. The van der Waals surface area contributed by atoms with Crippen LogP contribution in [0.25, 0.3) is 11.1 Å². The van der Waals surface area contributed by atoms with Crippen molar-refractivity contribution in [3.63, 3.8) is 0 Å². The maximum absolute atomic E-state index is 14.7. The summed E-state index contributed by atoms with van der Waals surface area (Å²) in [6, 6.07) is 18.0. The molecule has 4 rings (SSSR count). The second-order valence-electron chi connectivity index (χ2n) is 10.4. The van der Waals surface area contributed by atoms with E-state index in [2.05, 4.69) is 10.4 Å². The minimum absolute atomic E-state index is 0.0165. The number of rotatable bonds is 10. The number of aliphatic hydroxyl groups excluding tert-OH is 1. The van der Waals surface area contributed by atoms with E-state index in [4.69, 9.17) is 19.8 Å². The number of halogens is 1. The first-order valence-corrected chi connectivity index (χ1v) is 13.6. The van der Waals surface area contributed by atoms with Crippen LogP contribution in [0.2, 0.25) is 0 Å². The number of aliphatic hydroxyl groups is 1. The van der Waals surface area contributed by atoms with Gasteiger partial charge in [-0.25, -0.2) is 24.0 Å². The third kappa shape index (κ3) is 8.80. The van der Waals surface area contributed by atoms with Crippen molar-refractivity contribution in [1.29, 1.82) is 5.26 Å². The Morgan fingerprint density at radius 1 is 1.24 bits per heavy atom. The van der Waals surface area contributed by atoms with Gasteiger partial charge in [0.1, 0.15) is 18.5 Å². The fraction of sp³-hybridized carbons (Fsp3) is 0.387. The Morgan fingerprint density at radius 3 is 2.76 bits per heavy atom. The van der Waals surface area contributed by atoms with E-state index in [-0.39, 0.29) is 42.7 Å². The van der Waals surface area contributed by atoms with Crippen molar-refractivity contribution in [3.05, 3.63) is 89.5 Å². The summed E-state index contributed by atoms with van der Waals surface area (Å²) in [6.45, 7) is 4.33. The molecule has 2 aromatic carbocycles. The van der Waals surface area contributed by atoms with Crippen molar-refractivity contribution < 1.29 is 28.8 Å². The Balaban J connectivity index is 1.42. The Morgan fingerprint density at radius 2 is 2.05 bits per heavy atom. The van der Waals surface area contributed by atoms with E-state index in [1.165, 1.54) is 17.1 Å². The van der Waals surface area contributed by atoms with Gasteiger partial charge in [0.25, 0.3) is 0 Å². The molecule has 0 aliphatic carbocycles. The maximum atomic E-state index is 14.7. The Kier molecular flexibility index (Phi) is 10.8. The van der Waals surface area contributed by atoms with Gasteiger partial charge in [-0.15, -0.1) is 0 Å². The molecule has 3 aromatic rings. The third-order valence-corrected chi connectivity index (χ3v) is 7.23. The molecule has 1 aromatic heterocycles. The van der Waals surface area contributed by atoms with E-state index >= 15 is 0 Å². The monoisotopic (exact) mass is 562 g/mol. The number of aromatic nitrogens is 1. The van der Waals surface area contributed by atoms with Crippen LogP contribution in [0.5, 0.6) is 0 Å². The number of amides is 1. The molecule has 216 valence electrons. The van der Waals surface area contributed by atoms with Crippen LogP contribution in [0.15, 0.2) is 67.0 Å². The zero-order valence-corrected chi connectivity index (χ0v) is 23.2. The molecule has 4 unspecified atom stereocenters. The topological polar surface area (TPSA) is 117 Å². The molecule has 9 nitrogen and oxygen atoms in total. The van der Waals surface area contributed by atoms with Gasteiger partial charge >= 0.3 is 6.09 Å². The average molecular weight is 563 g/mol. The van der Waals surface area contributed by atoms with E-state index in [9.17, 15) is 14.3 Å². The summed E-state index contributed by atoms with van der Waals surface area (Å²) in [5.41, 5.74) is 6.23. The molecular formula is C31H35FN4O5. The number of hydrazine groups is 1. The van der Waals surface area contributed by atoms with Crippen LogP contribution in [-0.2, 0) is 27.5 Å². The van der Waals surface area contributed by atoms with E-state index in [1.54, 1.807) is 6.20 Å². The molecular weight excluding hydrogens is 527 g/mol. The first kappa shape index (κ1) is 30.1. The van der Waals surface area contributed by atoms with Crippen molar-refractivity contribution in [1.82, 2.24) is 15.4 Å². The van der Waals surface area contributed by atoms with Crippen LogP contribution < -0.4 is 5.43 Å². The zero-order valence-electron chi connectivity index (χ0n) is 23.2. The highest BCUT2D eigenvalue weighted by Gasteiger charge is 2.27. The van der Waals surface area contributed by atoms with Crippen molar-refractivity contribution in [2.45, 2.75) is 45.4 Å². The number of carbonyl (C=O) groups excluding carboxylic acids is 1. The van der Waals surface area contributed by atoms with Crippen molar-refractivity contribution in [3.8, 4) is 17.2 Å². The highest BCUT2D eigenvalue weighted by atomic mass is 19.1. The molecule has 1 saturated heterocycles. The zero-order chi connectivity index (χ0) is 29.2. The van der Waals surface area contributed by atoms with Gasteiger partial charge in [-0.3, -0.25) is 10.4 Å². The van der Waals surface area contributed by atoms with Gasteiger partial charge in [-0.2, -0.15) is 5.26 Å². The lowest BCUT2D eigenvalue weighted by Gasteiger charge is -2.29. The maximum Gasteiger partial charge on any atom is 0.422 e. The molecule has 0 spiro atoms. The summed E-state index contributed by atoms with van der Waals surface area (Å²) in [4.78, 5) is 27.1. The number of benzene rings is 2. The van der Waals surface area contributed by atoms with Crippen molar-refractivity contribution >= 4 is 6.09 Å². The minimum atomic E-state index is -0.858. The minimum Gasteiger partial charge on any atom is -0.442 e. The first-order chi connectivity index (χ1) is 19.8. The van der Waals surface area contributed by atoms with E-state index in [1.807, 2.05) is 62.5 Å². The summed E-state index contributed by atoms with van der Waals surface area (Å²) in [6.07, 6.45) is 2.67. The lowest BCUT2D eigenvalue weighted by atomic mass is 9.94. The number of hydrogen-bond donors (Lipinski definition) is 2. The first-order valence-electron chi connectivity index (χ1n) is 13.6. The largest absolute Gasteiger partial charge is 0.442 e. The molecule has 1 fully saturated rings. The lowest BCUT2D eigenvalue weighted by molar-refractivity contribution is -0.295. The Labute approximate surface area is 239 Å². The van der Waals surface area contributed by atoms with Crippen LogP contribution in [0.4, 0.5) is 9.18 Å². The van der Waals surface area contributed by atoms with Crippen LogP contribution in [0.3, 0.4) is 0 Å². The molecule has 1 aliphatic rings. The van der Waals surface area contributed by atoms with E-state index < -0.39 is 24.1 Å². The normalized spacial score (nSPS) is 18.6. The number of hydrogen-bond acceptors (Lipinski definition) is 8. The molecule has 2 N–H and O–H groups in total. The second kappa shape index (κ2) is 14.7. The fourth-order valence-corrected chi connectivity index (χ4v) is 4.58. The smallest absolute Gasteiger partial charge is 0.422 e. The van der Waals surface area contributed by atoms with Crippen molar-refractivity contribution in [2.75, 3.05) is 19.8 Å². The van der Waals surface area contributed by atoms with E-state index in [0.29, 0.717) is 19.4 Å². The highest BCUT2D eigenvalue weighted by Crippen LogP contribution is 2.22. The predicted octanol–water partition coefficient (Wildman–Crippen LogP) is 4.80. The summed E-state index contributed by atoms with van der Waals surface area (Å²) >= 11 is 0. The standard InChI is InChI=1S/C31H35FN4O5/c1-21-11-13-39-40-20-30(21)41-31(38)35-36(18-27-10-7-24(16-33)15-28(27)32)19-29(37)22(2)14-23-5-8-25(9-6-23)26-4-3-12-34-17-26/h3-10,12,15,17,21-22,29-30,37H,11,13-14,18-20H2,1-2H3,(H,35,38). The number of pyridine rings is 1. The van der Waals surface area contributed by atoms with E-state index in [0.717, 1.165) is 22.8 Å². The predicted molar refractivity (Wildman–Crippen MR) is 149 cm³/mol. The fourth-order valence-electron chi connectivity index (χ4n) is 4.58. The van der Waals surface area contributed by atoms with Gasteiger partial charge in [0.2, 0.25) is 0 Å². The summed E-state index contributed by atoms with van der Waals surface area (Å²) < 4.78 is 20.3. The summed E-state index contributed by atoms with van der Waals surface area (Å²) in [5, 5.41) is 21.6. The van der Waals surface area contributed by atoms with Crippen LogP contribution in [0.1, 0.15) is 37.0 Å². The van der Waals surface area contributed by atoms with Gasteiger partial charge in [0, 0.05) is 31.0 Å². The molecule has 1 aliphatic heterocycles. The number of carbonyl (C=O) groups is 1. The highest BCUT2D eigenvalue weighted by molar-refractivity contribution is 5.66. The van der Waals surface area contributed by atoms with Gasteiger partial charge in [0.05, 0.1) is 24.3 Å². The second-order valence-corrected chi connectivity index (χ2v) is 10.4. The Bertz CT molecular complexity index is 1320. The lowest BCUT2D eigenvalue weighted by Crippen LogP contribution is -2.48. The molecule has 4 atom stereocenters. The van der Waals surface area contributed by atoms with Gasteiger partial charge < -0.3 is 9.84 Å². The molecule has 2 heterocycles.